The summed E-state index contributed by atoms with van der Waals surface area (Å²) in [6.07, 6.45) is 1.07. The summed E-state index contributed by atoms with van der Waals surface area (Å²) < 4.78 is 0. The number of nitrogen functional groups attached to an aromatic ring is 1. The molecule has 0 bridgehead atoms. The van der Waals surface area contributed by atoms with Crippen molar-refractivity contribution in [2.45, 2.75) is 33.2 Å². The van der Waals surface area contributed by atoms with Gasteiger partial charge in [0.2, 0.25) is 0 Å². The summed E-state index contributed by atoms with van der Waals surface area (Å²) in [7, 11) is 0. The van der Waals surface area contributed by atoms with Crippen LogP contribution in [0.1, 0.15) is 36.2 Å². The number of amides is 1. The predicted molar refractivity (Wildman–Crippen MR) is 73.3 cm³/mol. The number of benzene rings is 1. The molecule has 0 saturated carbocycles. The zero-order valence-electron chi connectivity index (χ0n) is 11.2. The fraction of sp³-hybridized carbons (Fsp3) is 0.500. The number of carbonyl (C=O) groups excluding carboxylic acids is 1. The van der Waals surface area contributed by atoms with Crippen molar-refractivity contribution in [3.05, 3.63) is 29.3 Å². The molecule has 0 spiro atoms. The molecule has 4 nitrogen and oxygen atoms in total. The first-order valence-corrected chi connectivity index (χ1v) is 6.41. The average Bonchev–Trinajstić information content (AvgIpc) is 2.67. The number of carbonyl (C=O) groups is 1. The maximum Gasteiger partial charge on any atom is 0.256 e. The molecular weight excluding hydrogens is 226 g/mol. The number of hydrogen-bond donors (Lipinski definition) is 2. The van der Waals surface area contributed by atoms with E-state index in [-0.39, 0.29) is 5.91 Å². The summed E-state index contributed by atoms with van der Waals surface area (Å²) in [4.78, 5) is 14.5. The number of nitrogens with two attached hydrogens (primary N) is 1. The van der Waals surface area contributed by atoms with Crippen LogP contribution in [0.5, 0.6) is 0 Å². The maximum atomic E-state index is 12.6. The van der Waals surface area contributed by atoms with Gasteiger partial charge >= 0.3 is 0 Å². The summed E-state index contributed by atoms with van der Waals surface area (Å²) in [6.45, 7) is 7.10. The molecule has 3 N–H and O–H groups in total. The molecule has 1 aromatic rings. The number of nitrogens with zero attached hydrogens (tertiary/aromatic N) is 1. The number of aryl methyl sites for hydroxylation is 1. The fourth-order valence-electron chi connectivity index (χ4n) is 2.70. The van der Waals surface area contributed by atoms with E-state index < -0.39 is 0 Å². The van der Waals surface area contributed by atoms with Crippen LogP contribution in [0, 0.1) is 12.8 Å². The lowest BCUT2D eigenvalue weighted by atomic mass is 10.1. The molecule has 1 aliphatic rings. The third kappa shape index (κ3) is 2.34. The van der Waals surface area contributed by atoms with Gasteiger partial charge in [-0.25, -0.2) is 0 Å². The summed E-state index contributed by atoms with van der Waals surface area (Å²) in [5, 5.41) is 0. The van der Waals surface area contributed by atoms with Gasteiger partial charge < -0.3 is 10.3 Å². The SMILES string of the molecule is Cc1ccc(NN)c(C(=O)N2CC(C)CC2C)c1. The van der Waals surface area contributed by atoms with E-state index in [2.05, 4.69) is 19.3 Å². The van der Waals surface area contributed by atoms with Gasteiger partial charge in [0, 0.05) is 12.6 Å². The second-order valence-corrected chi connectivity index (χ2v) is 5.34. The van der Waals surface area contributed by atoms with Crippen molar-refractivity contribution in [2.24, 2.45) is 11.8 Å². The molecule has 4 heteroatoms. The predicted octanol–water partition coefficient (Wildman–Crippen LogP) is 2.15. The zero-order chi connectivity index (χ0) is 13.3. The molecule has 1 heterocycles. The molecule has 2 unspecified atom stereocenters. The lowest BCUT2D eigenvalue weighted by Gasteiger charge is -2.23. The van der Waals surface area contributed by atoms with Crippen LogP contribution >= 0.6 is 0 Å². The molecule has 1 saturated heterocycles. The van der Waals surface area contributed by atoms with Gasteiger partial charge in [-0.1, -0.05) is 18.6 Å². The van der Waals surface area contributed by atoms with Gasteiger partial charge in [0.05, 0.1) is 11.3 Å². The van der Waals surface area contributed by atoms with Crippen molar-refractivity contribution in [1.29, 1.82) is 0 Å². The van der Waals surface area contributed by atoms with Gasteiger partial charge in [-0.05, 0) is 38.3 Å². The second-order valence-electron chi connectivity index (χ2n) is 5.34. The van der Waals surface area contributed by atoms with E-state index in [4.69, 9.17) is 5.84 Å². The van der Waals surface area contributed by atoms with Gasteiger partial charge in [-0.2, -0.15) is 0 Å². The summed E-state index contributed by atoms with van der Waals surface area (Å²) in [6, 6.07) is 6.00. The summed E-state index contributed by atoms with van der Waals surface area (Å²) in [5.41, 5.74) is 5.03. The third-order valence-electron chi connectivity index (χ3n) is 3.61. The standard InChI is InChI=1S/C14H21N3O/c1-9-4-5-13(16-15)12(7-9)14(18)17-8-10(2)6-11(17)3/h4-5,7,10-11,16H,6,8,15H2,1-3H3. The van der Waals surface area contributed by atoms with E-state index >= 15 is 0 Å². The van der Waals surface area contributed by atoms with E-state index in [0.29, 0.717) is 23.2 Å². The molecule has 0 aromatic heterocycles. The number of likely N-dealkylation sites (tertiary alicyclic amines) is 1. The van der Waals surface area contributed by atoms with Crippen LogP contribution in [0.3, 0.4) is 0 Å². The Morgan fingerprint density at radius 2 is 2.17 bits per heavy atom. The van der Waals surface area contributed by atoms with Crippen molar-refractivity contribution in [3.63, 3.8) is 0 Å². The van der Waals surface area contributed by atoms with Gasteiger partial charge in [-0.3, -0.25) is 10.6 Å². The average molecular weight is 247 g/mol. The molecule has 1 aromatic carbocycles. The van der Waals surface area contributed by atoms with E-state index in [0.717, 1.165) is 18.5 Å². The van der Waals surface area contributed by atoms with Crippen LogP contribution in [0.4, 0.5) is 5.69 Å². The van der Waals surface area contributed by atoms with Gasteiger partial charge in [0.25, 0.3) is 5.91 Å². The van der Waals surface area contributed by atoms with Crippen molar-refractivity contribution in [3.8, 4) is 0 Å². The molecule has 18 heavy (non-hydrogen) atoms. The normalized spacial score (nSPS) is 23.2. The number of nitrogens with one attached hydrogen (secondary N) is 1. The Bertz CT molecular complexity index is 458. The first-order chi connectivity index (χ1) is 8.52. The maximum absolute atomic E-state index is 12.6. The molecule has 2 atom stereocenters. The summed E-state index contributed by atoms with van der Waals surface area (Å²) in [5.74, 6) is 6.12. The Hall–Kier alpha value is -1.55. The van der Waals surface area contributed by atoms with Crippen LogP contribution in [-0.2, 0) is 0 Å². The smallest absolute Gasteiger partial charge is 0.256 e. The van der Waals surface area contributed by atoms with Crippen LogP contribution < -0.4 is 11.3 Å². The van der Waals surface area contributed by atoms with Gasteiger partial charge in [0.1, 0.15) is 0 Å². The number of hydrazine groups is 1. The second kappa shape index (κ2) is 4.98. The Morgan fingerprint density at radius 1 is 1.44 bits per heavy atom. The molecule has 1 aliphatic heterocycles. The van der Waals surface area contributed by atoms with Crippen molar-refractivity contribution in [2.75, 3.05) is 12.0 Å². The fourth-order valence-corrected chi connectivity index (χ4v) is 2.70. The minimum atomic E-state index is 0.0727. The molecule has 0 aliphatic carbocycles. The highest BCUT2D eigenvalue weighted by atomic mass is 16.2. The minimum absolute atomic E-state index is 0.0727. The Balaban J connectivity index is 2.31. The van der Waals surface area contributed by atoms with Crippen LogP contribution in [-0.4, -0.2) is 23.4 Å². The van der Waals surface area contributed by atoms with Crippen molar-refractivity contribution < 1.29 is 4.79 Å². The topological polar surface area (TPSA) is 58.4 Å². The van der Waals surface area contributed by atoms with Crippen LogP contribution in [0.15, 0.2) is 18.2 Å². The Labute approximate surface area is 108 Å². The number of rotatable bonds is 2. The van der Waals surface area contributed by atoms with Crippen LogP contribution in [0.25, 0.3) is 0 Å². The molecule has 2 rings (SSSR count). The summed E-state index contributed by atoms with van der Waals surface area (Å²) >= 11 is 0. The van der Waals surface area contributed by atoms with E-state index in [1.165, 1.54) is 0 Å². The third-order valence-corrected chi connectivity index (χ3v) is 3.61. The van der Waals surface area contributed by atoms with Gasteiger partial charge in [0.15, 0.2) is 0 Å². The highest BCUT2D eigenvalue weighted by Crippen LogP contribution is 2.26. The highest BCUT2D eigenvalue weighted by molar-refractivity contribution is 6.00. The van der Waals surface area contributed by atoms with E-state index in [1.807, 2.05) is 30.0 Å². The first kappa shape index (κ1) is 12.9. The monoisotopic (exact) mass is 247 g/mol. The number of hydrogen-bond acceptors (Lipinski definition) is 3. The van der Waals surface area contributed by atoms with E-state index in [1.54, 1.807) is 0 Å². The molecule has 0 radical (unpaired) electrons. The minimum Gasteiger partial charge on any atom is -0.336 e. The lowest BCUT2D eigenvalue weighted by Crippen LogP contribution is -2.34. The molecular formula is C14H21N3O. The lowest BCUT2D eigenvalue weighted by molar-refractivity contribution is 0.0744. The zero-order valence-corrected chi connectivity index (χ0v) is 11.2. The Morgan fingerprint density at radius 3 is 2.72 bits per heavy atom. The first-order valence-electron chi connectivity index (χ1n) is 6.41. The van der Waals surface area contributed by atoms with Crippen LogP contribution in [0.2, 0.25) is 0 Å². The molecule has 1 fully saturated rings. The molecule has 1 amide bonds. The number of anilines is 1. The van der Waals surface area contributed by atoms with E-state index in [9.17, 15) is 4.79 Å². The highest BCUT2D eigenvalue weighted by Gasteiger charge is 2.31. The molecule has 98 valence electrons. The largest absolute Gasteiger partial charge is 0.336 e. The van der Waals surface area contributed by atoms with Crippen molar-refractivity contribution >= 4 is 11.6 Å². The quantitative estimate of drug-likeness (QED) is 0.622. The van der Waals surface area contributed by atoms with Gasteiger partial charge in [-0.15, -0.1) is 0 Å². The van der Waals surface area contributed by atoms with Crippen molar-refractivity contribution in [1.82, 2.24) is 4.90 Å². The Kier molecular flexibility index (Phi) is 3.57.